The molecule has 174 valence electrons. The van der Waals surface area contributed by atoms with Crippen molar-refractivity contribution in [2.75, 3.05) is 18.1 Å². The van der Waals surface area contributed by atoms with Gasteiger partial charge in [0.1, 0.15) is 11.5 Å². The highest BCUT2D eigenvalue weighted by Crippen LogP contribution is 2.26. The molecule has 0 fully saturated rings. The Hall–Kier alpha value is -3.52. The minimum absolute atomic E-state index is 0.0731. The lowest BCUT2D eigenvalue weighted by atomic mass is 10.1. The predicted octanol–water partition coefficient (Wildman–Crippen LogP) is 4.59. The highest BCUT2D eigenvalue weighted by Gasteiger charge is 2.18. The van der Waals surface area contributed by atoms with Gasteiger partial charge in [-0.3, -0.25) is 19.3 Å². The van der Waals surface area contributed by atoms with Gasteiger partial charge in [-0.05, 0) is 48.4 Å². The normalized spacial score (nSPS) is 11.0. The summed E-state index contributed by atoms with van der Waals surface area (Å²) in [5.74, 6) is -1.23. The van der Waals surface area contributed by atoms with Crippen LogP contribution in [0.3, 0.4) is 0 Å². The fourth-order valence-electron chi connectivity index (χ4n) is 3.04. The van der Waals surface area contributed by atoms with Crippen molar-refractivity contribution >= 4 is 47.5 Å². The van der Waals surface area contributed by atoms with E-state index < -0.39 is 5.91 Å². The van der Waals surface area contributed by atoms with Gasteiger partial charge >= 0.3 is 0 Å². The van der Waals surface area contributed by atoms with E-state index in [0.717, 1.165) is 16.9 Å². The van der Waals surface area contributed by atoms with E-state index in [1.54, 1.807) is 12.3 Å². The van der Waals surface area contributed by atoms with Crippen LogP contribution in [-0.4, -0.2) is 46.1 Å². The van der Waals surface area contributed by atoms with E-state index >= 15 is 0 Å². The number of carbonyl (C=O) groups is 3. The Bertz CT molecular complexity index is 1050. The third kappa shape index (κ3) is 7.54. The van der Waals surface area contributed by atoms with Crippen LogP contribution in [0.1, 0.15) is 36.5 Å². The van der Waals surface area contributed by atoms with Crippen molar-refractivity contribution in [2.45, 2.75) is 26.2 Å². The summed E-state index contributed by atoms with van der Waals surface area (Å²) in [6.45, 7) is 5.51. The van der Waals surface area contributed by atoms with E-state index in [1.807, 2.05) is 24.3 Å². The molecule has 3 N–H and O–H groups in total. The van der Waals surface area contributed by atoms with Crippen molar-refractivity contribution in [1.82, 2.24) is 4.90 Å². The summed E-state index contributed by atoms with van der Waals surface area (Å²) in [6, 6.07) is 12.1. The van der Waals surface area contributed by atoms with Crippen LogP contribution in [0.15, 0.2) is 53.9 Å². The third-order valence-corrected chi connectivity index (χ3v) is 5.63. The number of carbonyl (C=O) groups excluding carboxylic acids is 3. The fourth-order valence-corrected chi connectivity index (χ4v) is 3.59. The lowest BCUT2D eigenvalue weighted by Gasteiger charge is -2.16. The molecule has 0 bridgehead atoms. The predicted molar refractivity (Wildman–Crippen MR) is 133 cm³/mol. The first-order chi connectivity index (χ1) is 15.8. The molecule has 0 unspecified atom stereocenters. The summed E-state index contributed by atoms with van der Waals surface area (Å²) in [5.41, 5.74) is 2.59. The van der Waals surface area contributed by atoms with Gasteiger partial charge in [0.2, 0.25) is 12.3 Å². The number of hydrogen-bond donors (Lipinski definition) is 3. The summed E-state index contributed by atoms with van der Waals surface area (Å²) in [5, 5.41) is 21.9. The Balaban J connectivity index is 1.93. The molecule has 0 radical (unpaired) electrons. The molecular formula is C25H28N2O5S. The quantitative estimate of drug-likeness (QED) is 0.253. The zero-order valence-electron chi connectivity index (χ0n) is 18.7. The second-order valence-corrected chi connectivity index (χ2v) is 8.09. The minimum Gasteiger partial charge on any atom is -0.508 e. The average Bonchev–Trinajstić information content (AvgIpc) is 2.80. The van der Waals surface area contributed by atoms with Crippen molar-refractivity contribution in [3.8, 4) is 5.75 Å². The van der Waals surface area contributed by atoms with E-state index in [-0.39, 0.29) is 42.4 Å². The van der Waals surface area contributed by atoms with Crippen molar-refractivity contribution < 1.29 is 24.6 Å². The second-order valence-electron chi connectivity index (χ2n) is 7.24. The number of imide groups is 1. The van der Waals surface area contributed by atoms with Gasteiger partial charge in [-0.15, -0.1) is 11.8 Å². The largest absolute Gasteiger partial charge is 0.508 e. The highest BCUT2D eigenvalue weighted by molar-refractivity contribution is 8.03. The molecule has 33 heavy (non-hydrogen) atoms. The van der Waals surface area contributed by atoms with Gasteiger partial charge in [-0.25, -0.2) is 0 Å². The lowest BCUT2D eigenvalue weighted by Crippen LogP contribution is -2.31. The highest BCUT2D eigenvalue weighted by atomic mass is 32.2. The van der Waals surface area contributed by atoms with Crippen molar-refractivity contribution in [2.24, 2.45) is 0 Å². The number of phenolic OH excluding ortho intramolecular Hbond substituents is 1. The lowest BCUT2D eigenvalue weighted by molar-refractivity contribution is -0.135. The topological polar surface area (TPSA) is 107 Å². The van der Waals surface area contributed by atoms with Gasteiger partial charge in [-0.2, -0.15) is 0 Å². The maximum atomic E-state index is 12.8. The number of phenols is 1. The molecule has 0 aliphatic heterocycles. The molecule has 2 aromatic rings. The number of anilines is 1. The number of amides is 3. The molecule has 7 nitrogen and oxygen atoms in total. The molecule has 2 aromatic carbocycles. The number of aliphatic hydroxyl groups excluding tert-OH is 1. The van der Waals surface area contributed by atoms with E-state index in [0.29, 0.717) is 17.0 Å². The summed E-state index contributed by atoms with van der Waals surface area (Å²) in [4.78, 5) is 38.0. The number of benzene rings is 2. The van der Waals surface area contributed by atoms with Gasteiger partial charge in [0, 0.05) is 24.7 Å². The van der Waals surface area contributed by atoms with Crippen LogP contribution < -0.4 is 5.32 Å². The van der Waals surface area contributed by atoms with Gasteiger partial charge in [0.25, 0.3) is 5.91 Å². The molecule has 3 amide bonds. The van der Waals surface area contributed by atoms with E-state index in [1.165, 1.54) is 35.5 Å². The van der Waals surface area contributed by atoms with Crippen molar-refractivity contribution in [3.63, 3.8) is 0 Å². The van der Waals surface area contributed by atoms with Crippen LogP contribution in [0.2, 0.25) is 0 Å². The number of nitrogens with zero attached hydrogens (tertiary/aromatic N) is 1. The van der Waals surface area contributed by atoms with Crippen LogP contribution in [0, 0.1) is 0 Å². The monoisotopic (exact) mass is 468 g/mol. The maximum Gasteiger partial charge on any atom is 0.266 e. The Kier molecular flexibility index (Phi) is 9.75. The first kappa shape index (κ1) is 25.7. The first-order valence-corrected chi connectivity index (χ1v) is 11.6. The number of nitrogens with one attached hydrogen (secondary N) is 1. The zero-order valence-corrected chi connectivity index (χ0v) is 19.5. The van der Waals surface area contributed by atoms with Crippen LogP contribution in [0.4, 0.5) is 5.69 Å². The second kappa shape index (κ2) is 12.5. The smallest absolute Gasteiger partial charge is 0.266 e. The van der Waals surface area contributed by atoms with Gasteiger partial charge in [0.15, 0.2) is 0 Å². The SMILES string of the molecule is C=C(O)c1ccc(NC(=O)CCCN(C=O)C(=O)/C(=C/c2ccc(CC)cc2)SC)cc1O. The molecule has 0 aliphatic carbocycles. The molecule has 8 heteroatoms. The summed E-state index contributed by atoms with van der Waals surface area (Å²) >= 11 is 1.26. The Morgan fingerprint density at radius 1 is 1.18 bits per heavy atom. The summed E-state index contributed by atoms with van der Waals surface area (Å²) in [6.07, 6.45) is 5.27. The van der Waals surface area contributed by atoms with Crippen molar-refractivity contribution in [3.05, 3.63) is 70.6 Å². The van der Waals surface area contributed by atoms with Crippen LogP contribution in [0.5, 0.6) is 5.75 Å². The van der Waals surface area contributed by atoms with Crippen LogP contribution in [0.25, 0.3) is 11.8 Å². The van der Waals surface area contributed by atoms with Crippen molar-refractivity contribution in [1.29, 1.82) is 0 Å². The number of rotatable bonds is 11. The molecule has 0 atom stereocenters. The molecule has 0 saturated heterocycles. The van der Waals surface area contributed by atoms with Crippen LogP contribution >= 0.6 is 11.8 Å². The first-order valence-electron chi connectivity index (χ1n) is 10.4. The van der Waals surface area contributed by atoms with Gasteiger partial charge < -0.3 is 15.5 Å². The number of aromatic hydroxyl groups is 1. The Morgan fingerprint density at radius 2 is 1.88 bits per heavy atom. The molecule has 0 saturated carbocycles. The molecular weight excluding hydrogens is 440 g/mol. The summed E-state index contributed by atoms with van der Waals surface area (Å²) in [7, 11) is 0. The maximum absolute atomic E-state index is 12.8. The zero-order chi connectivity index (χ0) is 24.4. The van der Waals surface area contributed by atoms with E-state index in [2.05, 4.69) is 18.8 Å². The molecule has 0 spiro atoms. The number of thioether (sulfide) groups is 1. The number of aryl methyl sites for hydroxylation is 1. The van der Waals surface area contributed by atoms with Gasteiger partial charge in [-0.1, -0.05) is 37.8 Å². The fraction of sp³-hybridized carbons (Fsp3) is 0.240. The summed E-state index contributed by atoms with van der Waals surface area (Å²) < 4.78 is 0. The van der Waals surface area contributed by atoms with E-state index in [4.69, 9.17) is 0 Å². The van der Waals surface area contributed by atoms with Gasteiger partial charge in [0.05, 0.1) is 10.5 Å². The van der Waals surface area contributed by atoms with E-state index in [9.17, 15) is 24.6 Å². The van der Waals surface area contributed by atoms with Crippen LogP contribution in [-0.2, 0) is 20.8 Å². The molecule has 0 aliphatic rings. The molecule has 2 rings (SSSR count). The standard InChI is InChI=1S/C25H28N2O5S/c1-4-18-7-9-19(10-8-18)14-23(33-3)25(32)27(16-28)13-5-6-24(31)26-20-11-12-21(17(2)29)22(30)15-20/h7-12,14-16,29-30H,2,4-6,13H2,1,3H3,(H,26,31)/b23-14-. The minimum atomic E-state index is -0.415. The number of aliphatic hydroxyl groups is 1. The Labute approximate surface area is 197 Å². The molecule has 0 aromatic heterocycles. The Morgan fingerprint density at radius 3 is 2.42 bits per heavy atom. The average molecular weight is 469 g/mol. The third-order valence-electron chi connectivity index (χ3n) is 4.90. The number of hydrogen-bond acceptors (Lipinski definition) is 6. The molecule has 0 heterocycles.